The lowest BCUT2D eigenvalue weighted by Crippen LogP contribution is -2.37. The van der Waals surface area contributed by atoms with Gasteiger partial charge in [-0.3, -0.25) is 0 Å². The average molecular weight is 483 g/mol. The molecule has 0 aromatic carbocycles. The molecule has 0 N–H and O–H groups in total. The number of rotatable bonds is 28. The van der Waals surface area contributed by atoms with E-state index in [4.69, 9.17) is 8.85 Å². The zero-order valence-electron chi connectivity index (χ0n) is 23.3. The summed E-state index contributed by atoms with van der Waals surface area (Å²) in [6.45, 7) is 12.4. The molecule has 0 spiro atoms. The minimum Gasteiger partial charge on any atom is -0.391 e. The quantitative estimate of drug-likeness (QED) is 0.0815. The van der Waals surface area contributed by atoms with Crippen LogP contribution in [0, 0.1) is 0 Å². The fraction of sp³-hybridized carbons (Fsp3) is 0.933. The molecule has 0 aliphatic rings. The molecule has 0 radical (unpaired) electrons. The SMILES string of the molecule is C=C[Si](C)(OCCCCCCCCCCCC)OCCCCCCCCCCCCCCC. The number of unbranched alkanes of at least 4 members (excludes halogenated alkanes) is 21. The van der Waals surface area contributed by atoms with E-state index in [0.717, 1.165) is 26.1 Å². The van der Waals surface area contributed by atoms with Gasteiger partial charge in [0.05, 0.1) is 0 Å². The summed E-state index contributed by atoms with van der Waals surface area (Å²) in [5.41, 5.74) is 1.96. The van der Waals surface area contributed by atoms with E-state index in [1.807, 2.05) is 5.70 Å². The molecule has 0 heterocycles. The Morgan fingerprint density at radius 1 is 0.455 bits per heavy atom. The lowest BCUT2D eigenvalue weighted by atomic mass is 10.0. The molecule has 0 saturated carbocycles. The summed E-state index contributed by atoms with van der Waals surface area (Å²) in [4.78, 5) is 0. The van der Waals surface area contributed by atoms with Crippen LogP contribution in [0.25, 0.3) is 0 Å². The molecular weight excluding hydrogens is 420 g/mol. The van der Waals surface area contributed by atoms with Crippen LogP contribution in [0.5, 0.6) is 0 Å². The Labute approximate surface area is 210 Å². The second-order valence-corrected chi connectivity index (χ2v) is 13.4. The Balaban J connectivity index is 3.43. The first-order valence-corrected chi connectivity index (χ1v) is 17.5. The molecule has 0 aliphatic heterocycles. The van der Waals surface area contributed by atoms with Crippen LogP contribution < -0.4 is 0 Å². The van der Waals surface area contributed by atoms with Gasteiger partial charge in [-0.2, -0.15) is 0 Å². The maximum absolute atomic E-state index is 6.17. The van der Waals surface area contributed by atoms with Crippen molar-refractivity contribution < 1.29 is 8.85 Å². The van der Waals surface area contributed by atoms with Crippen molar-refractivity contribution >= 4 is 8.56 Å². The van der Waals surface area contributed by atoms with E-state index in [9.17, 15) is 0 Å². The molecule has 0 fully saturated rings. The van der Waals surface area contributed by atoms with E-state index in [0.29, 0.717) is 0 Å². The van der Waals surface area contributed by atoms with Crippen molar-refractivity contribution in [1.29, 1.82) is 0 Å². The standard InChI is InChI=1S/C30H62O2Si/c1-5-8-10-12-14-16-18-19-20-22-24-26-28-30-32-33(4,7-3)31-29-27-25-23-21-17-15-13-11-9-6-2/h7H,3,5-6,8-30H2,1-2,4H3. The molecule has 0 saturated heterocycles. The van der Waals surface area contributed by atoms with Crippen LogP contribution in [0.3, 0.4) is 0 Å². The van der Waals surface area contributed by atoms with Crippen molar-refractivity contribution in [3.63, 3.8) is 0 Å². The number of hydrogen-bond acceptors (Lipinski definition) is 2. The van der Waals surface area contributed by atoms with Gasteiger partial charge in [-0.05, 0) is 25.1 Å². The molecule has 0 aromatic heterocycles. The van der Waals surface area contributed by atoms with Crippen molar-refractivity contribution in [2.24, 2.45) is 0 Å². The largest absolute Gasteiger partial charge is 0.391 e. The molecule has 0 aromatic rings. The van der Waals surface area contributed by atoms with Gasteiger partial charge in [0.15, 0.2) is 0 Å². The summed E-state index contributed by atoms with van der Waals surface area (Å²) >= 11 is 0. The molecule has 0 aliphatic carbocycles. The highest BCUT2D eigenvalue weighted by atomic mass is 28.4. The van der Waals surface area contributed by atoms with Crippen molar-refractivity contribution in [3.8, 4) is 0 Å². The molecule has 2 nitrogen and oxygen atoms in total. The smallest absolute Gasteiger partial charge is 0.361 e. The summed E-state index contributed by atoms with van der Waals surface area (Å²) in [7, 11) is -2.16. The van der Waals surface area contributed by atoms with Crippen LogP contribution in [0.15, 0.2) is 12.3 Å². The third-order valence-electron chi connectivity index (χ3n) is 6.89. The zero-order valence-corrected chi connectivity index (χ0v) is 24.3. The highest BCUT2D eigenvalue weighted by molar-refractivity contribution is 6.71. The Hall–Kier alpha value is -0.123. The lowest BCUT2D eigenvalue weighted by Gasteiger charge is -2.23. The van der Waals surface area contributed by atoms with Gasteiger partial charge in [0.1, 0.15) is 0 Å². The van der Waals surface area contributed by atoms with Crippen LogP contribution in [0.1, 0.15) is 162 Å². The number of hydrogen-bond donors (Lipinski definition) is 0. The summed E-state index contributed by atoms with van der Waals surface area (Å²) in [6, 6.07) is 0. The van der Waals surface area contributed by atoms with Gasteiger partial charge in [0.2, 0.25) is 0 Å². The second kappa shape index (κ2) is 26.5. The summed E-state index contributed by atoms with van der Waals surface area (Å²) < 4.78 is 12.3. The van der Waals surface area contributed by atoms with Gasteiger partial charge in [-0.1, -0.05) is 149 Å². The van der Waals surface area contributed by atoms with E-state index in [1.165, 1.54) is 135 Å². The molecule has 0 bridgehead atoms. The zero-order chi connectivity index (χ0) is 24.3. The minimum atomic E-state index is -2.16. The van der Waals surface area contributed by atoms with Crippen LogP contribution in [0.2, 0.25) is 6.55 Å². The van der Waals surface area contributed by atoms with Crippen molar-refractivity contribution in [2.45, 2.75) is 168 Å². The predicted molar refractivity (Wildman–Crippen MR) is 151 cm³/mol. The van der Waals surface area contributed by atoms with Gasteiger partial charge >= 0.3 is 8.56 Å². The molecule has 0 amide bonds. The third-order valence-corrected chi connectivity index (χ3v) is 9.19. The first-order chi connectivity index (χ1) is 16.2. The van der Waals surface area contributed by atoms with Crippen LogP contribution in [-0.2, 0) is 8.85 Å². The van der Waals surface area contributed by atoms with E-state index < -0.39 is 8.56 Å². The lowest BCUT2D eigenvalue weighted by molar-refractivity contribution is 0.177. The fourth-order valence-electron chi connectivity index (χ4n) is 4.42. The predicted octanol–water partition coefficient (Wildman–Crippen LogP) is 10.8. The van der Waals surface area contributed by atoms with E-state index in [1.54, 1.807) is 0 Å². The summed E-state index contributed by atoms with van der Waals surface area (Å²) in [5.74, 6) is 0. The topological polar surface area (TPSA) is 18.5 Å². The highest BCUT2D eigenvalue weighted by Crippen LogP contribution is 2.15. The maximum atomic E-state index is 6.17. The molecule has 0 rings (SSSR count). The molecule has 33 heavy (non-hydrogen) atoms. The summed E-state index contributed by atoms with van der Waals surface area (Å²) in [6.07, 6.45) is 31.7. The second-order valence-electron chi connectivity index (χ2n) is 10.3. The first kappa shape index (κ1) is 32.9. The Bertz CT molecular complexity index is 387. The third kappa shape index (κ3) is 24.8. The van der Waals surface area contributed by atoms with Gasteiger partial charge < -0.3 is 8.85 Å². The highest BCUT2D eigenvalue weighted by Gasteiger charge is 2.26. The van der Waals surface area contributed by atoms with Gasteiger partial charge in [-0.15, -0.1) is 6.58 Å². The molecule has 3 heteroatoms. The average Bonchev–Trinajstić information content (AvgIpc) is 2.82. The Morgan fingerprint density at radius 3 is 0.939 bits per heavy atom. The van der Waals surface area contributed by atoms with Crippen molar-refractivity contribution in [3.05, 3.63) is 12.3 Å². The van der Waals surface area contributed by atoms with Crippen LogP contribution >= 0.6 is 0 Å². The molecular formula is C30H62O2Si. The van der Waals surface area contributed by atoms with E-state index in [-0.39, 0.29) is 0 Å². The first-order valence-electron chi connectivity index (χ1n) is 15.1. The normalized spacial score (nSPS) is 13.3. The van der Waals surface area contributed by atoms with Crippen LogP contribution in [-0.4, -0.2) is 21.8 Å². The van der Waals surface area contributed by atoms with Crippen LogP contribution in [0.4, 0.5) is 0 Å². The minimum absolute atomic E-state index is 0.837. The molecule has 1 unspecified atom stereocenters. The van der Waals surface area contributed by atoms with Gasteiger partial charge in [-0.25, -0.2) is 0 Å². The molecule has 1 atom stereocenters. The van der Waals surface area contributed by atoms with Crippen molar-refractivity contribution in [1.82, 2.24) is 0 Å². The van der Waals surface area contributed by atoms with E-state index in [2.05, 4.69) is 27.0 Å². The van der Waals surface area contributed by atoms with E-state index >= 15 is 0 Å². The Kier molecular flexibility index (Phi) is 26.4. The van der Waals surface area contributed by atoms with Gasteiger partial charge in [0, 0.05) is 13.2 Å². The molecule has 198 valence electrons. The summed E-state index contributed by atoms with van der Waals surface area (Å²) in [5, 5.41) is 0. The monoisotopic (exact) mass is 482 g/mol. The van der Waals surface area contributed by atoms with Gasteiger partial charge in [0.25, 0.3) is 0 Å². The van der Waals surface area contributed by atoms with Crippen molar-refractivity contribution in [2.75, 3.05) is 13.2 Å². The fourth-order valence-corrected chi connectivity index (χ4v) is 5.84. The maximum Gasteiger partial charge on any atom is 0.361 e. The Morgan fingerprint density at radius 2 is 0.697 bits per heavy atom.